The normalized spacial score (nSPS) is 21.3. The highest BCUT2D eigenvalue weighted by Gasteiger charge is 2.24. The first-order chi connectivity index (χ1) is 9.06. The van der Waals surface area contributed by atoms with Gasteiger partial charge in [-0.25, -0.2) is 0 Å². The maximum Gasteiger partial charge on any atom is 0.237 e. The third-order valence-corrected chi connectivity index (χ3v) is 4.24. The zero-order valence-electron chi connectivity index (χ0n) is 11.3. The number of hydrogen-bond donors (Lipinski definition) is 2. The number of carbonyl (C=O) groups is 1. The van der Waals surface area contributed by atoms with Crippen LogP contribution in [0.2, 0.25) is 0 Å². The summed E-state index contributed by atoms with van der Waals surface area (Å²) in [7, 11) is -0.888. The predicted octanol–water partition coefficient (Wildman–Crippen LogP) is 0.584. The molecule has 4 nitrogen and oxygen atoms in total. The SMILES string of the molecule is CC(CS(C)=O)NC(=O)[C@@H]1Cc2ccccc2CN1. The molecular weight excluding hydrogens is 260 g/mol. The van der Waals surface area contributed by atoms with Crippen LogP contribution >= 0.6 is 0 Å². The highest BCUT2D eigenvalue weighted by atomic mass is 32.2. The summed E-state index contributed by atoms with van der Waals surface area (Å²) in [6, 6.07) is 7.92. The van der Waals surface area contributed by atoms with Crippen molar-refractivity contribution >= 4 is 16.7 Å². The van der Waals surface area contributed by atoms with E-state index in [4.69, 9.17) is 0 Å². The lowest BCUT2D eigenvalue weighted by Gasteiger charge is -2.26. The van der Waals surface area contributed by atoms with Crippen molar-refractivity contribution in [2.45, 2.75) is 32.0 Å². The maximum absolute atomic E-state index is 12.1. The van der Waals surface area contributed by atoms with Crippen molar-refractivity contribution in [3.05, 3.63) is 35.4 Å². The van der Waals surface area contributed by atoms with E-state index in [2.05, 4.69) is 22.8 Å². The lowest BCUT2D eigenvalue weighted by molar-refractivity contribution is -0.123. The van der Waals surface area contributed by atoms with Crippen molar-refractivity contribution in [3.63, 3.8) is 0 Å². The Morgan fingerprint density at radius 2 is 2.16 bits per heavy atom. The molecule has 0 saturated heterocycles. The van der Waals surface area contributed by atoms with Gasteiger partial charge in [-0.15, -0.1) is 0 Å². The third kappa shape index (κ3) is 3.88. The number of hydrogen-bond acceptors (Lipinski definition) is 3. The smallest absolute Gasteiger partial charge is 0.237 e. The standard InChI is InChI=1S/C14H20N2O2S/c1-10(9-19(2)18)16-14(17)13-7-11-5-3-4-6-12(11)8-15-13/h3-6,10,13,15H,7-9H2,1-2H3,(H,16,17)/t10?,13-,19?/m0/s1. The molecule has 19 heavy (non-hydrogen) atoms. The second-order valence-electron chi connectivity index (χ2n) is 5.06. The molecule has 1 aromatic rings. The molecule has 1 aliphatic heterocycles. The summed E-state index contributed by atoms with van der Waals surface area (Å²) < 4.78 is 11.1. The Labute approximate surface area is 116 Å². The number of carbonyl (C=O) groups excluding carboxylic acids is 1. The van der Waals surface area contributed by atoms with E-state index in [0.717, 1.165) is 6.54 Å². The topological polar surface area (TPSA) is 58.2 Å². The fourth-order valence-corrected chi connectivity index (χ4v) is 3.16. The monoisotopic (exact) mass is 280 g/mol. The van der Waals surface area contributed by atoms with Gasteiger partial charge in [-0.3, -0.25) is 9.00 Å². The highest BCUT2D eigenvalue weighted by Crippen LogP contribution is 2.16. The number of benzene rings is 1. The summed E-state index contributed by atoms with van der Waals surface area (Å²) in [5, 5.41) is 6.16. The van der Waals surface area contributed by atoms with E-state index < -0.39 is 10.8 Å². The van der Waals surface area contributed by atoms with Crippen LogP contribution in [0, 0.1) is 0 Å². The lowest BCUT2D eigenvalue weighted by Crippen LogP contribution is -2.50. The van der Waals surface area contributed by atoms with Gasteiger partial charge in [0, 0.05) is 35.4 Å². The van der Waals surface area contributed by atoms with Gasteiger partial charge in [0.2, 0.25) is 5.91 Å². The fraction of sp³-hybridized carbons (Fsp3) is 0.500. The van der Waals surface area contributed by atoms with E-state index in [9.17, 15) is 9.00 Å². The van der Waals surface area contributed by atoms with Gasteiger partial charge < -0.3 is 10.6 Å². The van der Waals surface area contributed by atoms with Crippen LogP contribution in [0.1, 0.15) is 18.1 Å². The van der Waals surface area contributed by atoms with Crippen molar-refractivity contribution < 1.29 is 9.00 Å². The Morgan fingerprint density at radius 3 is 2.84 bits per heavy atom. The molecule has 0 aliphatic carbocycles. The first-order valence-electron chi connectivity index (χ1n) is 6.47. The molecule has 1 amide bonds. The molecule has 5 heteroatoms. The van der Waals surface area contributed by atoms with Gasteiger partial charge >= 0.3 is 0 Å². The number of rotatable bonds is 4. The number of amides is 1. The Kier molecular flexibility index (Phi) is 4.71. The van der Waals surface area contributed by atoms with Crippen LogP contribution in [0.5, 0.6) is 0 Å². The second kappa shape index (κ2) is 6.30. The fourth-order valence-electron chi connectivity index (χ4n) is 2.38. The van der Waals surface area contributed by atoms with Crippen LogP contribution in [-0.4, -0.2) is 34.2 Å². The molecule has 2 unspecified atom stereocenters. The van der Waals surface area contributed by atoms with Gasteiger partial charge in [0.25, 0.3) is 0 Å². The van der Waals surface area contributed by atoms with E-state index >= 15 is 0 Å². The van der Waals surface area contributed by atoms with Gasteiger partial charge in [0.05, 0.1) is 6.04 Å². The van der Waals surface area contributed by atoms with Crippen molar-refractivity contribution in [1.29, 1.82) is 0 Å². The summed E-state index contributed by atoms with van der Waals surface area (Å²) in [4.78, 5) is 12.1. The van der Waals surface area contributed by atoms with E-state index in [1.807, 2.05) is 19.1 Å². The van der Waals surface area contributed by atoms with E-state index in [-0.39, 0.29) is 18.0 Å². The molecule has 0 spiro atoms. The first kappa shape index (κ1) is 14.2. The molecule has 1 aromatic carbocycles. The molecule has 0 radical (unpaired) electrons. The quantitative estimate of drug-likeness (QED) is 0.848. The molecule has 3 atom stereocenters. The zero-order valence-corrected chi connectivity index (χ0v) is 12.1. The van der Waals surface area contributed by atoms with Crippen LogP contribution in [0.15, 0.2) is 24.3 Å². The molecule has 0 fully saturated rings. The number of fused-ring (bicyclic) bond motifs is 1. The predicted molar refractivity (Wildman–Crippen MR) is 77.3 cm³/mol. The molecule has 2 rings (SSSR count). The Balaban J connectivity index is 1.93. The zero-order chi connectivity index (χ0) is 13.8. The van der Waals surface area contributed by atoms with Crippen molar-refractivity contribution in [1.82, 2.24) is 10.6 Å². The minimum absolute atomic E-state index is 0.00699. The Bertz CT molecular complexity index is 490. The van der Waals surface area contributed by atoms with Crippen LogP contribution in [0.25, 0.3) is 0 Å². The second-order valence-corrected chi connectivity index (χ2v) is 6.54. The largest absolute Gasteiger partial charge is 0.351 e. The molecular formula is C14H20N2O2S. The molecule has 104 valence electrons. The van der Waals surface area contributed by atoms with Crippen LogP contribution in [0.3, 0.4) is 0 Å². The van der Waals surface area contributed by atoms with Crippen LogP contribution in [0.4, 0.5) is 0 Å². The minimum Gasteiger partial charge on any atom is -0.351 e. The van der Waals surface area contributed by atoms with Gasteiger partial charge in [-0.2, -0.15) is 0 Å². The van der Waals surface area contributed by atoms with Crippen LogP contribution in [-0.2, 0) is 28.6 Å². The van der Waals surface area contributed by atoms with Crippen molar-refractivity contribution in [2.24, 2.45) is 0 Å². The van der Waals surface area contributed by atoms with Crippen molar-refractivity contribution in [2.75, 3.05) is 12.0 Å². The summed E-state index contributed by atoms with van der Waals surface area (Å²) in [6.07, 6.45) is 2.36. The Morgan fingerprint density at radius 1 is 1.47 bits per heavy atom. The summed E-state index contributed by atoms with van der Waals surface area (Å²) in [6.45, 7) is 2.61. The minimum atomic E-state index is -0.888. The summed E-state index contributed by atoms with van der Waals surface area (Å²) in [5.74, 6) is 0.488. The molecule has 0 bridgehead atoms. The highest BCUT2D eigenvalue weighted by molar-refractivity contribution is 7.84. The van der Waals surface area contributed by atoms with Crippen molar-refractivity contribution in [3.8, 4) is 0 Å². The van der Waals surface area contributed by atoms with Gasteiger partial charge in [0.1, 0.15) is 0 Å². The molecule has 0 saturated carbocycles. The molecule has 2 N–H and O–H groups in total. The average molecular weight is 280 g/mol. The van der Waals surface area contributed by atoms with Gasteiger partial charge in [-0.1, -0.05) is 24.3 Å². The lowest BCUT2D eigenvalue weighted by atomic mass is 9.95. The van der Waals surface area contributed by atoms with E-state index in [0.29, 0.717) is 12.2 Å². The summed E-state index contributed by atoms with van der Waals surface area (Å²) >= 11 is 0. The summed E-state index contributed by atoms with van der Waals surface area (Å²) in [5.41, 5.74) is 2.49. The Hall–Kier alpha value is -1.20. The average Bonchev–Trinajstić information content (AvgIpc) is 2.37. The van der Waals surface area contributed by atoms with Crippen LogP contribution < -0.4 is 10.6 Å². The van der Waals surface area contributed by atoms with Gasteiger partial charge in [-0.05, 0) is 24.5 Å². The molecule has 1 aliphatic rings. The third-order valence-electron chi connectivity index (χ3n) is 3.27. The maximum atomic E-state index is 12.1. The molecule has 1 heterocycles. The van der Waals surface area contributed by atoms with E-state index in [1.165, 1.54) is 11.1 Å². The van der Waals surface area contributed by atoms with Gasteiger partial charge in [0.15, 0.2) is 0 Å². The molecule has 0 aromatic heterocycles. The number of nitrogens with one attached hydrogen (secondary N) is 2. The first-order valence-corrected chi connectivity index (χ1v) is 8.19. The van der Waals surface area contributed by atoms with E-state index in [1.54, 1.807) is 6.26 Å².